The molecule has 120 valence electrons. The lowest BCUT2D eigenvalue weighted by atomic mass is 9.93. The number of hydrogen-bond acceptors (Lipinski definition) is 3. The van der Waals surface area contributed by atoms with Crippen LogP contribution in [-0.2, 0) is 9.59 Å². The van der Waals surface area contributed by atoms with Crippen LogP contribution in [-0.4, -0.2) is 40.2 Å². The number of hydrogen-bond donors (Lipinski definition) is 1. The Morgan fingerprint density at radius 1 is 1.36 bits per heavy atom. The van der Waals surface area contributed by atoms with E-state index in [9.17, 15) is 9.59 Å². The average Bonchev–Trinajstić information content (AvgIpc) is 2.49. The molecule has 1 aromatic rings. The third-order valence-corrected chi connectivity index (χ3v) is 5.99. The highest BCUT2D eigenvalue weighted by Crippen LogP contribution is 2.28. The summed E-state index contributed by atoms with van der Waals surface area (Å²) in [5, 5.41) is 9.13. The van der Waals surface area contributed by atoms with Crippen molar-refractivity contribution in [2.75, 3.05) is 12.3 Å². The normalized spacial score (nSPS) is 21.6. The Morgan fingerprint density at radius 3 is 2.77 bits per heavy atom. The van der Waals surface area contributed by atoms with Crippen LogP contribution < -0.4 is 0 Å². The molecule has 0 aromatic heterocycles. The van der Waals surface area contributed by atoms with E-state index in [0.29, 0.717) is 25.1 Å². The van der Waals surface area contributed by atoms with E-state index >= 15 is 0 Å². The van der Waals surface area contributed by atoms with Gasteiger partial charge < -0.3 is 10.0 Å². The predicted octanol–water partition coefficient (Wildman–Crippen LogP) is 3.64. The molecule has 0 spiro atoms. The Bertz CT molecular complexity index is 552. The highest BCUT2D eigenvalue weighted by molar-refractivity contribution is 9.10. The van der Waals surface area contributed by atoms with Gasteiger partial charge in [-0.1, -0.05) is 12.1 Å². The third-order valence-electron chi connectivity index (χ3n) is 3.96. The maximum absolute atomic E-state index is 12.4. The van der Waals surface area contributed by atoms with E-state index < -0.39 is 11.9 Å². The summed E-state index contributed by atoms with van der Waals surface area (Å²) in [7, 11) is 0. The molecule has 1 aromatic carbocycles. The first-order valence-electron chi connectivity index (χ1n) is 7.38. The summed E-state index contributed by atoms with van der Waals surface area (Å²) in [6.07, 6.45) is 1.86. The second kappa shape index (κ2) is 8.02. The first-order chi connectivity index (χ1) is 10.5. The van der Waals surface area contributed by atoms with Crippen molar-refractivity contribution in [1.82, 2.24) is 4.90 Å². The van der Waals surface area contributed by atoms with E-state index in [-0.39, 0.29) is 11.9 Å². The Hall–Kier alpha value is -1.01. The molecule has 2 atom stereocenters. The quantitative estimate of drug-likeness (QED) is 0.785. The van der Waals surface area contributed by atoms with Gasteiger partial charge in [0.25, 0.3) is 0 Å². The number of thioether (sulfide) groups is 1. The lowest BCUT2D eigenvalue weighted by molar-refractivity contribution is -0.147. The van der Waals surface area contributed by atoms with Crippen LogP contribution in [0.2, 0.25) is 0 Å². The van der Waals surface area contributed by atoms with Crippen LogP contribution in [0.5, 0.6) is 0 Å². The van der Waals surface area contributed by atoms with Crippen molar-refractivity contribution < 1.29 is 14.7 Å². The van der Waals surface area contributed by atoms with E-state index in [1.165, 1.54) is 0 Å². The summed E-state index contributed by atoms with van der Waals surface area (Å²) in [4.78, 5) is 26.3. The van der Waals surface area contributed by atoms with Crippen LogP contribution in [0.1, 0.15) is 26.2 Å². The maximum Gasteiger partial charge on any atom is 0.308 e. The smallest absolute Gasteiger partial charge is 0.308 e. The first kappa shape index (κ1) is 17.3. The molecule has 6 heteroatoms. The topological polar surface area (TPSA) is 57.6 Å². The number of carboxylic acids is 1. The van der Waals surface area contributed by atoms with Gasteiger partial charge in [-0.15, -0.1) is 11.8 Å². The average molecular weight is 386 g/mol. The van der Waals surface area contributed by atoms with Crippen molar-refractivity contribution in [3.63, 3.8) is 0 Å². The van der Waals surface area contributed by atoms with Gasteiger partial charge in [-0.25, -0.2) is 0 Å². The molecule has 0 aliphatic carbocycles. The molecule has 4 nitrogen and oxygen atoms in total. The van der Waals surface area contributed by atoms with E-state index in [0.717, 1.165) is 15.8 Å². The van der Waals surface area contributed by atoms with Crippen LogP contribution in [0.25, 0.3) is 0 Å². The molecular formula is C16H20BrNO3S. The summed E-state index contributed by atoms with van der Waals surface area (Å²) >= 11 is 5.13. The highest BCUT2D eigenvalue weighted by Gasteiger charge is 2.32. The third kappa shape index (κ3) is 4.49. The number of likely N-dealkylation sites (tertiary alicyclic amines) is 1. The Labute approximate surface area is 143 Å². The molecule has 0 radical (unpaired) electrons. The number of carbonyl (C=O) groups is 2. The van der Waals surface area contributed by atoms with Gasteiger partial charge in [-0.05, 0) is 47.8 Å². The number of nitrogens with zero attached hydrogens (tertiary/aromatic N) is 1. The SMILES string of the molecule is CC1CCC(C(=O)O)CN1C(=O)CCSc1ccccc1Br. The van der Waals surface area contributed by atoms with Crippen molar-refractivity contribution in [1.29, 1.82) is 0 Å². The van der Waals surface area contributed by atoms with Crippen LogP contribution in [0.15, 0.2) is 33.6 Å². The molecule has 1 N–H and O–H groups in total. The van der Waals surface area contributed by atoms with E-state index in [1.807, 2.05) is 31.2 Å². The fourth-order valence-corrected chi connectivity index (χ4v) is 4.12. The van der Waals surface area contributed by atoms with Gasteiger partial charge >= 0.3 is 5.97 Å². The molecule has 1 fully saturated rings. The standard InChI is InChI=1S/C16H20BrNO3S/c1-11-6-7-12(16(20)21)10-18(11)15(19)8-9-22-14-5-3-2-4-13(14)17/h2-5,11-12H,6-10H2,1H3,(H,20,21). The van der Waals surface area contributed by atoms with Crippen LogP contribution in [0, 0.1) is 5.92 Å². The van der Waals surface area contributed by atoms with Crippen LogP contribution in [0.3, 0.4) is 0 Å². The van der Waals surface area contributed by atoms with Crippen molar-refractivity contribution in [3.8, 4) is 0 Å². The summed E-state index contributed by atoms with van der Waals surface area (Å²) in [5.41, 5.74) is 0. The Balaban J connectivity index is 1.86. The number of rotatable bonds is 5. The molecule has 1 saturated heterocycles. The molecule has 1 heterocycles. The highest BCUT2D eigenvalue weighted by atomic mass is 79.9. The maximum atomic E-state index is 12.4. The Kier molecular flexibility index (Phi) is 6.32. The first-order valence-corrected chi connectivity index (χ1v) is 9.16. The lowest BCUT2D eigenvalue weighted by Crippen LogP contribution is -2.47. The number of halogens is 1. The second-order valence-electron chi connectivity index (χ2n) is 5.54. The van der Waals surface area contributed by atoms with Gasteiger partial charge in [-0.2, -0.15) is 0 Å². The fourth-order valence-electron chi connectivity index (χ4n) is 2.61. The van der Waals surface area contributed by atoms with Gasteiger partial charge in [0.1, 0.15) is 0 Å². The number of carboxylic acid groups (broad SMARTS) is 1. The van der Waals surface area contributed by atoms with Crippen molar-refractivity contribution in [2.24, 2.45) is 5.92 Å². The molecule has 22 heavy (non-hydrogen) atoms. The van der Waals surface area contributed by atoms with Gasteiger partial charge in [0.2, 0.25) is 5.91 Å². The summed E-state index contributed by atoms with van der Waals surface area (Å²) in [6, 6.07) is 8.06. The van der Waals surface area contributed by atoms with Gasteiger partial charge in [-0.3, -0.25) is 9.59 Å². The molecule has 1 aliphatic heterocycles. The molecular weight excluding hydrogens is 366 g/mol. The molecule has 1 amide bonds. The fraction of sp³-hybridized carbons (Fsp3) is 0.500. The number of amides is 1. The van der Waals surface area contributed by atoms with Gasteiger partial charge in [0.05, 0.1) is 5.92 Å². The summed E-state index contributed by atoms with van der Waals surface area (Å²) < 4.78 is 1.03. The number of carbonyl (C=O) groups excluding carboxylic acids is 1. The van der Waals surface area contributed by atoms with E-state index in [2.05, 4.69) is 15.9 Å². The van der Waals surface area contributed by atoms with E-state index in [1.54, 1.807) is 16.7 Å². The van der Waals surface area contributed by atoms with Crippen molar-refractivity contribution in [3.05, 3.63) is 28.7 Å². The minimum atomic E-state index is -0.799. The molecule has 2 unspecified atom stereocenters. The molecule has 0 saturated carbocycles. The van der Waals surface area contributed by atoms with E-state index in [4.69, 9.17) is 5.11 Å². The molecule has 2 rings (SSSR count). The predicted molar refractivity (Wildman–Crippen MR) is 91.0 cm³/mol. The zero-order valence-electron chi connectivity index (χ0n) is 12.5. The minimum absolute atomic E-state index is 0.0537. The van der Waals surface area contributed by atoms with Gasteiger partial charge in [0.15, 0.2) is 0 Å². The van der Waals surface area contributed by atoms with Crippen LogP contribution in [0.4, 0.5) is 0 Å². The Morgan fingerprint density at radius 2 is 2.09 bits per heavy atom. The number of piperidine rings is 1. The zero-order chi connectivity index (χ0) is 16.1. The summed E-state index contributed by atoms with van der Waals surface area (Å²) in [5.74, 6) is -0.469. The monoisotopic (exact) mass is 385 g/mol. The largest absolute Gasteiger partial charge is 0.481 e. The minimum Gasteiger partial charge on any atom is -0.481 e. The second-order valence-corrected chi connectivity index (χ2v) is 7.53. The molecule has 1 aliphatic rings. The zero-order valence-corrected chi connectivity index (χ0v) is 14.9. The molecule has 0 bridgehead atoms. The van der Waals surface area contributed by atoms with Crippen LogP contribution >= 0.6 is 27.7 Å². The van der Waals surface area contributed by atoms with Crippen molar-refractivity contribution >= 4 is 39.6 Å². The van der Waals surface area contributed by atoms with Crippen molar-refractivity contribution in [2.45, 2.75) is 37.1 Å². The number of benzene rings is 1. The summed E-state index contributed by atoms with van der Waals surface area (Å²) in [6.45, 7) is 2.34. The number of aliphatic carboxylic acids is 1. The van der Waals surface area contributed by atoms with Gasteiger partial charge in [0, 0.05) is 34.1 Å². The lowest BCUT2D eigenvalue weighted by Gasteiger charge is -2.36.